The number of amides is 1. The standard InChI is InChI=1S/C28H33ClN6O2/c1-4-5-12-35(3)13-11-30-28(36)24-16-22-25(33-24)17-31-34-27(22)32-21-9-10-26(23(29)15-21)37-18-20-8-6-7-19(2)14-20/h6-10,14-17,33H,4-5,11-13,18H2,1-3H3,(H,30,36)(H,32,34). The number of unbranched alkanes of at least 4 members (excludes halogenated alkanes) is 1. The predicted octanol–water partition coefficient (Wildman–Crippen LogP) is 5.70. The average Bonchev–Trinajstić information content (AvgIpc) is 3.33. The number of carbonyl (C=O) groups is 1. The summed E-state index contributed by atoms with van der Waals surface area (Å²) in [5.74, 6) is 0.958. The van der Waals surface area contributed by atoms with Gasteiger partial charge in [0, 0.05) is 24.2 Å². The molecule has 2 heterocycles. The molecule has 3 N–H and O–H groups in total. The van der Waals surface area contributed by atoms with Crippen LogP contribution in [0.2, 0.25) is 5.02 Å². The number of likely N-dealkylation sites (N-methyl/N-ethyl adjacent to an activating group) is 1. The van der Waals surface area contributed by atoms with Crippen LogP contribution in [0.15, 0.2) is 54.7 Å². The topological polar surface area (TPSA) is 95.2 Å². The van der Waals surface area contributed by atoms with E-state index in [9.17, 15) is 4.79 Å². The minimum atomic E-state index is -0.163. The van der Waals surface area contributed by atoms with E-state index in [0.29, 0.717) is 41.0 Å². The molecule has 1 amide bonds. The van der Waals surface area contributed by atoms with Crippen LogP contribution in [0.4, 0.5) is 11.5 Å². The van der Waals surface area contributed by atoms with Crippen molar-refractivity contribution in [1.29, 1.82) is 0 Å². The molecule has 4 rings (SSSR count). The second-order valence-electron chi connectivity index (χ2n) is 9.16. The van der Waals surface area contributed by atoms with E-state index in [0.717, 1.165) is 42.6 Å². The summed E-state index contributed by atoms with van der Waals surface area (Å²) in [6, 6.07) is 15.4. The van der Waals surface area contributed by atoms with Crippen LogP contribution in [-0.2, 0) is 6.61 Å². The summed E-state index contributed by atoms with van der Waals surface area (Å²) in [7, 11) is 2.06. The first-order chi connectivity index (χ1) is 17.9. The van der Waals surface area contributed by atoms with Gasteiger partial charge in [-0.3, -0.25) is 4.79 Å². The number of nitrogens with zero attached hydrogens (tertiary/aromatic N) is 3. The molecule has 9 heteroatoms. The number of aromatic amines is 1. The van der Waals surface area contributed by atoms with Gasteiger partial charge in [-0.05, 0) is 56.8 Å². The fourth-order valence-electron chi connectivity index (χ4n) is 3.97. The molecule has 0 aliphatic rings. The third kappa shape index (κ3) is 7.21. The van der Waals surface area contributed by atoms with Crippen LogP contribution in [-0.4, -0.2) is 52.7 Å². The van der Waals surface area contributed by atoms with Crippen molar-refractivity contribution in [2.24, 2.45) is 0 Å². The molecule has 2 aromatic carbocycles. The molecule has 2 aromatic heterocycles. The summed E-state index contributed by atoms with van der Waals surface area (Å²) in [4.78, 5) is 18.0. The first kappa shape index (κ1) is 26.4. The van der Waals surface area contributed by atoms with Crippen molar-refractivity contribution < 1.29 is 9.53 Å². The van der Waals surface area contributed by atoms with Crippen LogP contribution in [0.1, 0.15) is 41.4 Å². The van der Waals surface area contributed by atoms with Gasteiger partial charge in [0.1, 0.15) is 18.1 Å². The van der Waals surface area contributed by atoms with Gasteiger partial charge in [-0.25, -0.2) is 0 Å². The van der Waals surface area contributed by atoms with Crippen molar-refractivity contribution in [2.75, 3.05) is 32.0 Å². The highest BCUT2D eigenvalue weighted by atomic mass is 35.5. The zero-order chi connectivity index (χ0) is 26.2. The number of halogens is 1. The highest BCUT2D eigenvalue weighted by Gasteiger charge is 2.14. The van der Waals surface area contributed by atoms with Crippen molar-refractivity contribution in [1.82, 2.24) is 25.4 Å². The molecule has 0 aliphatic carbocycles. The number of ether oxygens (including phenoxy) is 1. The molecule has 4 aromatic rings. The van der Waals surface area contributed by atoms with Crippen LogP contribution in [0.25, 0.3) is 10.9 Å². The molecule has 0 atom stereocenters. The zero-order valence-electron chi connectivity index (χ0n) is 21.5. The number of benzene rings is 2. The van der Waals surface area contributed by atoms with E-state index in [1.165, 1.54) is 5.56 Å². The summed E-state index contributed by atoms with van der Waals surface area (Å²) in [6.45, 7) is 7.05. The fourth-order valence-corrected chi connectivity index (χ4v) is 4.21. The summed E-state index contributed by atoms with van der Waals surface area (Å²) >= 11 is 6.49. The maximum atomic E-state index is 12.7. The van der Waals surface area contributed by atoms with Gasteiger partial charge >= 0.3 is 0 Å². The maximum Gasteiger partial charge on any atom is 0.267 e. The molecule has 0 saturated carbocycles. The Labute approximate surface area is 222 Å². The van der Waals surface area contributed by atoms with Crippen LogP contribution in [0.3, 0.4) is 0 Å². The Morgan fingerprint density at radius 1 is 1.16 bits per heavy atom. The fraction of sp³-hybridized carbons (Fsp3) is 0.321. The number of hydrogen-bond acceptors (Lipinski definition) is 6. The second-order valence-corrected chi connectivity index (χ2v) is 9.57. The summed E-state index contributed by atoms with van der Waals surface area (Å²) in [5, 5.41) is 15.8. The van der Waals surface area contributed by atoms with E-state index in [4.69, 9.17) is 16.3 Å². The minimum absolute atomic E-state index is 0.163. The van der Waals surface area contributed by atoms with Crippen LogP contribution >= 0.6 is 11.6 Å². The predicted molar refractivity (Wildman–Crippen MR) is 149 cm³/mol. The lowest BCUT2D eigenvalue weighted by Crippen LogP contribution is -2.33. The summed E-state index contributed by atoms with van der Waals surface area (Å²) in [6.07, 6.45) is 3.91. The number of carbonyl (C=O) groups excluding carboxylic acids is 1. The third-order valence-corrected chi connectivity index (χ3v) is 6.33. The molecule has 37 heavy (non-hydrogen) atoms. The van der Waals surface area contributed by atoms with Gasteiger partial charge in [-0.2, -0.15) is 5.10 Å². The van der Waals surface area contributed by atoms with Crippen molar-refractivity contribution in [3.8, 4) is 5.75 Å². The Hall–Kier alpha value is -3.62. The summed E-state index contributed by atoms with van der Waals surface area (Å²) < 4.78 is 5.91. The first-order valence-corrected chi connectivity index (χ1v) is 12.9. The van der Waals surface area contributed by atoms with E-state index in [1.807, 2.05) is 24.3 Å². The highest BCUT2D eigenvalue weighted by molar-refractivity contribution is 6.32. The van der Waals surface area contributed by atoms with E-state index >= 15 is 0 Å². The Bertz CT molecular complexity index is 1360. The number of fused-ring (bicyclic) bond motifs is 1. The molecule has 0 bridgehead atoms. The number of H-pyrrole nitrogens is 1. The number of aromatic nitrogens is 3. The maximum absolute atomic E-state index is 12.7. The Morgan fingerprint density at radius 2 is 2.03 bits per heavy atom. The van der Waals surface area contributed by atoms with Crippen LogP contribution in [0.5, 0.6) is 5.75 Å². The highest BCUT2D eigenvalue weighted by Crippen LogP contribution is 2.31. The van der Waals surface area contributed by atoms with Gasteiger partial charge in [0.2, 0.25) is 0 Å². The van der Waals surface area contributed by atoms with Gasteiger partial charge in [-0.1, -0.05) is 54.8 Å². The molecular weight excluding hydrogens is 488 g/mol. The first-order valence-electron chi connectivity index (χ1n) is 12.5. The normalized spacial score (nSPS) is 11.2. The van der Waals surface area contributed by atoms with Gasteiger partial charge in [0.15, 0.2) is 5.82 Å². The van der Waals surface area contributed by atoms with Gasteiger partial charge in [-0.15, -0.1) is 5.10 Å². The molecule has 0 saturated heterocycles. The number of anilines is 2. The number of rotatable bonds is 12. The Balaban J connectivity index is 1.39. The smallest absolute Gasteiger partial charge is 0.267 e. The molecule has 0 radical (unpaired) electrons. The zero-order valence-corrected chi connectivity index (χ0v) is 22.2. The number of hydrogen-bond donors (Lipinski definition) is 3. The van der Waals surface area contributed by atoms with Gasteiger partial charge in [0.25, 0.3) is 5.91 Å². The molecule has 0 spiro atoms. The Morgan fingerprint density at radius 3 is 2.81 bits per heavy atom. The largest absolute Gasteiger partial charge is 0.487 e. The molecule has 8 nitrogen and oxygen atoms in total. The molecule has 0 aliphatic heterocycles. The van der Waals surface area contributed by atoms with Crippen LogP contribution in [0, 0.1) is 6.92 Å². The monoisotopic (exact) mass is 520 g/mol. The second kappa shape index (κ2) is 12.6. The lowest BCUT2D eigenvalue weighted by Gasteiger charge is -2.16. The van der Waals surface area contributed by atoms with Crippen molar-refractivity contribution >= 4 is 39.9 Å². The Kier molecular flexibility index (Phi) is 8.98. The molecule has 0 fully saturated rings. The van der Waals surface area contributed by atoms with E-state index < -0.39 is 0 Å². The SMILES string of the molecule is CCCCN(C)CCNC(=O)c1cc2c(Nc3ccc(OCc4cccc(C)c4)c(Cl)c3)nncc2[nH]1. The lowest BCUT2D eigenvalue weighted by atomic mass is 10.1. The summed E-state index contributed by atoms with van der Waals surface area (Å²) in [5.41, 5.74) is 4.17. The van der Waals surface area contributed by atoms with Crippen molar-refractivity contribution in [2.45, 2.75) is 33.3 Å². The number of aryl methyl sites for hydroxylation is 1. The van der Waals surface area contributed by atoms with E-state index in [-0.39, 0.29) is 5.91 Å². The lowest BCUT2D eigenvalue weighted by molar-refractivity contribution is 0.0945. The van der Waals surface area contributed by atoms with Gasteiger partial charge < -0.3 is 25.3 Å². The third-order valence-electron chi connectivity index (χ3n) is 6.04. The molecule has 0 unspecified atom stereocenters. The molecule has 194 valence electrons. The molecular formula is C28H33ClN6O2. The average molecular weight is 521 g/mol. The quantitative estimate of drug-likeness (QED) is 0.222. The van der Waals surface area contributed by atoms with Crippen LogP contribution < -0.4 is 15.4 Å². The van der Waals surface area contributed by atoms with Crippen molar-refractivity contribution in [3.05, 3.63) is 76.6 Å². The van der Waals surface area contributed by atoms with E-state index in [2.05, 4.69) is 63.7 Å². The number of nitrogens with one attached hydrogen (secondary N) is 3. The van der Waals surface area contributed by atoms with Gasteiger partial charge in [0.05, 0.1) is 16.7 Å². The minimum Gasteiger partial charge on any atom is -0.487 e. The van der Waals surface area contributed by atoms with Crippen molar-refractivity contribution in [3.63, 3.8) is 0 Å². The van der Waals surface area contributed by atoms with E-state index in [1.54, 1.807) is 18.3 Å².